The number of allylic oxidation sites excluding steroid dienone is 1. The number of amides is 1. The second-order valence-corrected chi connectivity index (χ2v) is 3.85. The minimum atomic E-state index is -1.11. The molecule has 0 fully saturated rings. The van der Waals surface area contributed by atoms with E-state index in [2.05, 4.69) is 5.32 Å². The third-order valence-corrected chi connectivity index (χ3v) is 2.38. The molecular weight excluding hydrogens is 253 g/mol. The summed E-state index contributed by atoms with van der Waals surface area (Å²) in [4.78, 5) is 22.1. The molecule has 0 bridgehead atoms. The van der Waals surface area contributed by atoms with Gasteiger partial charge in [0.05, 0.1) is 5.57 Å². The summed E-state index contributed by atoms with van der Waals surface area (Å²) in [5, 5.41) is 11.1. The summed E-state index contributed by atoms with van der Waals surface area (Å²) < 4.78 is 17.9. The van der Waals surface area contributed by atoms with Gasteiger partial charge in [-0.25, -0.2) is 9.18 Å². The smallest absolute Gasteiger partial charge is 0.333 e. The van der Waals surface area contributed by atoms with E-state index in [0.717, 1.165) is 6.07 Å². The van der Waals surface area contributed by atoms with Crippen LogP contribution in [0.1, 0.15) is 13.8 Å². The average molecular weight is 267 g/mol. The third-order valence-electron chi connectivity index (χ3n) is 2.38. The Morgan fingerprint density at radius 1 is 1.37 bits per heavy atom. The highest BCUT2D eigenvalue weighted by atomic mass is 19.1. The molecule has 19 heavy (non-hydrogen) atoms. The number of hydrogen-bond acceptors (Lipinski definition) is 3. The summed E-state index contributed by atoms with van der Waals surface area (Å²) in [5.41, 5.74) is 0.277. The van der Waals surface area contributed by atoms with Gasteiger partial charge in [-0.05, 0) is 26.0 Å². The van der Waals surface area contributed by atoms with Crippen molar-refractivity contribution in [3.63, 3.8) is 0 Å². The average Bonchev–Trinajstić information content (AvgIpc) is 2.35. The summed E-state index contributed by atoms with van der Waals surface area (Å²) in [6.45, 7) is 2.53. The molecule has 1 aromatic carbocycles. The normalized spacial score (nSPS) is 11.5. The molecule has 0 saturated carbocycles. The van der Waals surface area contributed by atoms with Gasteiger partial charge < -0.3 is 15.2 Å². The van der Waals surface area contributed by atoms with Gasteiger partial charge >= 0.3 is 5.97 Å². The SMILES string of the molecule is CC(NC(=O)COc1cccc(F)c1)=C(C)C(=O)O. The largest absolute Gasteiger partial charge is 0.484 e. The van der Waals surface area contributed by atoms with E-state index in [-0.39, 0.29) is 23.6 Å². The number of benzene rings is 1. The second-order valence-electron chi connectivity index (χ2n) is 3.85. The predicted molar refractivity (Wildman–Crippen MR) is 66.0 cm³/mol. The zero-order valence-electron chi connectivity index (χ0n) is 10.6. The Hall–Kier alpha value is -2.37. The first kappa shape index (κ1) is 14.7. The standard InChI is InChI=1S/C13H14FNO4/c1-8(13(17)18)9(2)15-12(16)7-19-11-5-3-4-10(14)6-11/h3-6H,7H2,1-2H3,(H,15,16)(H,17,18). The Labute approximate surface area is 109 Å². The van der Waals surface area contributed by atoms with E-state index in [9.17, 15) is 14.0 Å². The first-order valence-electron chi connectivity index (χ1n) is 5.49. The monoisotopic (exact) mass is 267 g/mol. The fraction of sp³-hybridized carbons (Fsp3) is 0.231. The molecule has 0 heterocycles. The Kier molecular flexibility index (Phi) is 5.05. The van der Waals surface area contributed by atoms with Gasteiger partial charge in [-0.3, -0.25) is 4.79 Å². The zero-order chi connectivity index (χ0) is 14.4. The number of halogens is 1. The van der Waals surface area contributed by atoms with Crippen molar-refractivity contribution in [1.29, 1.82) is 0 Å². The predicted octanol–water partition coefficient (Wildman–Crippen LogP) is 1.70. The molecule has 1 aromatic rings. The molecule has 0 atom stereocenters. The van der Waals surface area contributed by atoms with Gasteiger partial charge in [0.25, 0.3) is 5.91 Å². The van der Waals surface area contributed by atoms with Crippen molar-refractivity contribution in [2.24, 2.45) is 0 Å². The topological polar surface area (TPSA) is 75.6 Å². The van der Waals surface area contributed by atoms with Crippen LogP contribution in [-0.2, 0) is 9.59 Å². The number of hydrogen-bond donors (Lipinski definition) is 2. The Balaban J connectivity index is 2.53. The van der Waals surface area contributed by atoms with E-state index in [4.69, 9.17) is 9.84 Å². The maximum absolute atomic E-state index is 12.8. The molecule has 0 aliphatic rings. The minimum absolute atomic E-state index is 0.0408. The van der Waals surface area contributed by atoms with Crippen LogP contribution >= 0.6 is 0 Å². The molecular formula is C13H14FNO4. The van der Waals surface area contributed by atoms with Crippen LogP contribution in [0.2, 0.25) is 0 Å². The van der Waals surface area contributed by atoms with E-state index in [0.29, 0.717) is 0 Å². The molecule has 1 amide bonds. The second kappa shape index (κ2) is 6.53. The number of rotatable bonds is 5. The molecule has 0 saturated heterocycles. The van der Waals surface area contributed by atoms with Crippen LogP contribution in [-0.4, -0.2) is 23.6 Å². The maximum Gasteiger partial charge on any atom is 0.333 e. The summed E-state index contributed by atoms with van der Waals surface area (Å²) in [6, 6.07) is 5.39. The lowest BCUT2D eigenvalue weighted by molar-refractivity contribution is -0.132. The first-order valence-corrected chi connectivity index (χ1v) is 5.49. The molecule has 102 valence electrons. The molecule has 6 heteroatoms. The minimum Gasteiger partial charge on any atom is -0.484 e. The van der Waals surface area contributed by atoms with E-state index < -0.39 is 17.7 Å². The van der Waals surface area contributed by atoms with Crippen LogP contribution in [0.4, 0.5) is 4.39 Å². The molecule has 0 aliphatic heterocycles. The van der Waals surface area contributed by atoms with Crippen molar-refractivity contribution >= 4 is 11.9 Å². The van der Waals surface area contributed by atoms with Crippen molar-refractivity contribution in [3.05, 3.63) is 41.4 Å². The maximum atomic E-state index is 12.8. The highest BCUT2D eigenvalue weighted by Crippen LogP contribution is 2.11. The lowest BCUT2D eigenvalue weighted by atomic mass is 10.2. The van der Waals surface area contributed by atoms with Crippen molar-refractivity contribution in [1.82, 2.24) is 5.32 Å². The van der Waals surface area contributed by atoms with Gasteiger partial charge in [-0.2, -0.15) is 0 Å². The highest BCUT2D eigenvalue weighted by molar-refractivity contribution is 5.88. The third kappa shape index (κ3) is 4.79. The lowest BCUT2D eigenvalue weighted by Crippen LogP contribution is -2.28. The van der Waals surface area contributed by atoms with Crippen LogP contribution < -0.4 is 10.1 Å². The first-order chi connectivity index (χ1) is 8.90. The fourth-order valence-electron chi connectivity index (χ4n) is 1.21. The van der Waals surface area contributed by atoms with Gasteiger partial charge in [-0.15, -0.1) is 0 Å². The fourth-order valence-corrected chi connectivity index (χ4v) is 1.21. The van der Waals surface area contributed by atoms with Gasteiger partial charge in [0.15, 0.2) is 6.61 Å². The van der Waals surface area contributed by atoms with Crippen LogP contribution in [0.3, 0.4) is 0 Å². The van der Waals surface area contributed by atoms with Crippen molar-refractivity contribution in [2.75, 3.05) is 6.61 Å². The summed E-state index contributed by atoms with van der Waals surface area (Å²) in [5.74, 6) is -1.85. The molecule has 2 N–H and O–H groups in total. The molecule has 1 rings (SSSR count). The number of carbonyl (C=O) groups is 2. The van der Waals surface area contributed by atoms with E-state index in [1.807, 2.05) is 0 Å². The van der Waals surface area contributed by atoms with E-state index in [1.54, 1.807) is 0 Å². The highest BCUT2D eigenvalue weighted by Gasteiger charge is 2.09. The number of nitrogens with one attached hydrogen (secondary N) is 1. The molecule has 5 nitrogen and oxygen atoms in total. The molecule has 0 radical (unpaired) electrons. The van der Waals surface area contributed by atoms with Gasteiger partial charge in [-0.1, -0.05) is 6.07 Å². The molecule has 0 spiro atoms. The van der Waals surface area contributed by atoms with Crippen molar-refractivity contribution < 1.29 is 23.8 Å². The Morgan fingerprint density at radius 3 is 2.63 bits per heavy atom. The molecule has 0 aromatic heterocycles. The van der Waals surface area contributed by atoms with Gasteiger partial charge in [0.2, 0.25) is 0 Å². The summed E-state index contributed by atoms with van der Waals surface area (Å²) in [6.07, 6.45) is 0. The summed E-state index contributed by atoms with van der Waals surface area (Å²) in [7, 11) is 0. The van der Waals surface area contributed by atoms with Gasteiger partial charge in [0, 0.05) is 11.8 Å². The number of carbonyl (C=O) groups excluding carboxylic acids is 1. The van der Waals surface area contributed by atoms with Crippen LogP contribution in [0.5, 0.6) is 5.75 Å². The number of carboxylic acids is 1. The van der Waals surface area contributed by atoms with Crippen LogP contribution in [0.15, 0.2) is 35.5 Å². The quantitative estimate of drug-likeness (QED) is 0.796. The Morgan fingerprint density at radius 2 is 2.05 bits per heavy atom. The van der Waals surface area contributed by atoms with Crippen molar-refractivity contribution in [2.45, 2.75) is 13.8 Å². The zero-order valence-corrected chi connectivity index (χ0v) is 10.6. The lowest BCUT2D eigenvalue weighted by Gasteiger charge is -2.09. The van der Waals surface area contributed by atoms with Crippen LogP contribution in [0, 0.1) is 5.82 Å². The van der Waals surface area contributed by atoms with Gasteiger partial charge in [0.1, 0.15) is 11.6 Å². The molecule has 0 aliphatic carbocycles. The van der Waals surface area contributed by atoms with E-state index >= 15 is 0 Å². The van der Waals surface area contributed by atoms with Crippen molar-refractivity contribution in [3.8, 4) is 5.75 Å². The van der Waals surface area contributed by atoms with Crippen LogP contribution in [0.25, 0.3) is 0 Å². The Bertz CT molecular complexity index is 525. The number of carboxylic acid groups (broad SMARTS) is 1. The number of ether oxygens (including phenoxy) is 1. The van der Waals surface area contributed by atoms with E-state index in [1.165, 1.54) is 32.0 Å². The number of aliphatic carboxylic acids is 1. The summed E-state index contributed by atoms with van der Waals surface area (Å²) >= 11 is 0. The molecule has 0 unspecified atom stereocenters.